The molecule has 2 heterocycles. The van der Waals surface area contributed by atoms with Gasteiger partial charge in [0.1, 0.15) is 17.5 Å². The number of carbonyl (C=O) groups is 1. The van der Waals surface area contributed by atoms with Crippen LogP contribution in [0.5, 0.6) is 23.0 Å². The second-order valence-electron chi connectivity index (χ2n) is 10.6. The molecule has 1 amide bonds. The fraction of sp³-hybridized carbons (Fsp3) is 0.265. The van der Waals surface area contributed by atoms with Crippen LogP contribution in [0.4, 0.5) is 5.69 Å². The first-order valence-electron chi connectivity index (χ1n) is 14.2. The van der Waals surface area contributed by atoms with E-state index in [2.05, 4.69) is 19.2 Å². The van der Waals surface area contributed by atoms with Crippen LogP contribution in [0.1, 0.15) is 37.9 Å². The Hall–Kier alpha value is -4.83. The van der Waals surface area contributed by atoms with Crippen LogP contribution >= 0.6 is 11.3 Å². The number of hydrogen-bond acceptors (Lipinski definition) is 8. The summed E-state index contributed by atoms with van der Waals surface area (Å²) in [5, 5.41) is 2.97. The van der Waals surface area contributed by atoms with Crippen LogP contribution in [0.25, 0.3) is 6.08 Å². The molecule has 0 aliphatic carbocycles. The van der Waals surface area contributed by atoms with Crippen LogP contribution in [0.3, 0.4) is 0 Å². The zero-order valence-electron chi connectivity index (χ0n) is 25.5. The minimum atomic E-state index is -0.806. The van der Waals surface area contributed by atoms with E-state index in [9.17, 15) is 9.59 Å². The number of hydrogen-bond donors (Lipinski definition) is 1. The van der Waals surface area contributed by atoms with Crippen LogP contribution in [-0.2, 0) is 4.79 Å². The van der Waals surface area contributed by atoms with Crippen molar-refractivity contribution in [2.24, 2.45) is 10.9 Å². The molecule has 1 aromatic heterocycles. The van der Waals surface area contributed by atoms with Gasteiger partial charge in [-0.25, -0.2) is 4.99 Å². The standard InChI is InChI=1S/C34H35N3O6S/c1-20(2)19-43-26-15-12-22(16-28(26)42-6)17-29-33(39)37-31(25-14-13-24(40-4)18-27(25)41-5)30(21(3)35-34(37)44-29)32(38)36-23-10-8-7-9-11-23/h7-18,20,31H,19H2,1-6H3,(H,36,38)/b29-17-/t31-/m1/s1. The maximum atomic E-state index is 14.2. The van der Waals surface area contributed by atoms with Crippen molar-refractivity contribution in [2.75, 3.05) is 33.3 Å². The van der Waals surface area contributed by atoms with E-state index in [1.807, 2.05) is 42.5 Å². The Balaban J connectivity index is 1.65. The number of ether oxygens (including phenoxy) is 4. The number of allylic oxidation sites excluding steroid dienone is 1. The monoisotopic (exact) mass is 613 g/mol. The van der Waals surface area contributed by atoms with Gasteiger partial charge in [-0.3, -0.25) is 14.2 Å². The highest BCUT2D eigenvalue weighted by molar-refractivity contribution is 7.07. The van der Waals surface area contributed by atoms with E-state index in [-0.39, 0.29) is 11.5 Å². The molecule has 4 aromatic rings. The van der Waals surface area contributed by atoms with Gasteiger partial charge in [-0.1, -0.05) is 49.4 Å². The first-order chi connectivity index (χ1) is 21.2. The number of methoxy groups -OCH3 is 3. The fourth-order valence-electron chi connectivity index (χ4n) is 4.97. The summed E-state index contributed by atoms with van der Waals surface area (Å²) in [4.78, 5) is 33.2. The number of benzene rings is 3. The van der Waals surface area contributed by atoms with Gasteiger partial charge in [-0.05, 0) is 60.9 Å². The third kappa shape index (κ3) is 6.26. The average molecular weight is 614 g/mol. The van der Waals surface area contributed by atoms with Gasteiger partial charge in [0.05, 0.1) is 43.7 Å². The van der Waals surface area contributed by atoms with Gasteiger partial charge in [0.15, 0.2) is 16.3 Å². The fourth-order valence-corrected chi connectivity index (χ4v) is 6.02. The number of nitrogens with zero attached hydrogens (tertiary/aromatic N) is 2. The van der Waals surface area contributed by atoms with Crippen molar-refractivity contribution in [3.63, 3.8) is 0 Å². The SMILES string of the molecule is COc1ccc([C@@H]2C(C(=O)Nc3ccccc3)=C(C)N=c3s/c(=C\c4ccc(OCC(C)C)c(OC)c4)c(=O)n32)c(OC)c1. The molecule has 0 spiro atoms. The Bertz CT molecular complexity index is 1890. The predicted octanol–water partition coefficient (Wildman–Crippen LogP) is 4.93. The Kier molecular flexibility index (Phi) is 9.20. The largest absolute Gasteiger partial charge is 0.497 e. The van der Waals surface area contributed by atoms with Crippen molar-refractivity contribution in [1.82, 2.24) is 4.57 Å². The Morgan fingerprint density at radius 1 is 0.977 bits per heavy atom. The van der Waals surface area contributed by atoms with E-state index in [4.69, 9.17) is 23.9 Å². The maximum absolute atomic E-state index is 14.2. The third-order valence-corrected chi connectivity index (χ3v) is 8.07. The van der Waals surface area contributed by atoms with Crippen molar-refractivity contribution in [3.8, 4) is 23.0 Å². The summed E-state index contributed by atoms with van der Waals surface area (Å²) in [6.45, 7) is 6.49. The lowest BCUT2D eigenvalue weighted by atomic mass is 9.94. The Labute approximate surface area is 259 Å². The lowest BCUT2D eigenvalue weighted by molar-refractivity contribution is -0.113. The summed E-state index contributed by atoms with van der Waals surface area (Å²) in [5.74, 6) is 2.27. The molecule has 228 valence electrons. The second kappa shape index (κ2) is 13.2. The molecule has 1 aliphatic rings. The van der Waals surface area contributed by atoms with Crippen LogP contribution in [0.15, 0.2) is 87.8 Å². The summed E-state index contributed by atoms with van der Waals surface area (Å²) in [6, 6.07) is 19.2. The molecule has 1 atom stereocenters. The highest BCUT2D eigenvalue weighted by Gasteiger charge is 2.34. The molecule has 10 heteroatoms. The number of anilines is 1. The van der Waals surface area contributed by atoms with Gasteiger partial charge in [0.2, 0.25) is 0 Å². The van der Waals surface area contributed by atoms with E-state index < -0.39 is 6.04 Å². The normalized spacial score (nSPS) is 14.6. The highest BCUT2D eigenvalue weighted by atomic mass is 32.1. The van der Waals surface area contributed by atoms with Crippen LogP contribution in [-0.4, -0.2) is 38.4 Å². The highest BCUT2D eigenvalue weighted by Crippen LogP contribution is 2.37. The lowest BCUT2D eigenvalue weighted by Gasteiger charge is -2.26. The molecule has 0 saturated heterocycles. The minimum absolute atomic E-state index is 0.284. The molecule has 5 rings (SSSR count). The molecule has 1 aliphatic heterocycles. The van der Waals surface area contributed by atoms with E-state index in [0.29, 0.717) is 67.4 Å². The Morgan fingerprint density at radius 3 is 2.41 bits per heavy atom. The van der Waals surface area contributed by atoms with E-state index in [0.717, 1.165) is 5.56 Å². The van der Waals surface area contributed by atoms with Gasteiger partial charge in [-0.2, -0.15) is 0 Å². The molecular formula is C34H35N3O6S. The zero-order valence-corrected chi connectivity index (χ0v) is 26.4. The average Bonchev–Trinajstić information content (AvgIpc) is 3.33. The smallest absolute Gasteiger partial charge is 0.271 e. The Morgan fingerprint density at radius 2 is 1.73 bits per heavy atom. The zero-order chi connectivity index (χ0) is 31.4. The molecule has 1 N–H and O–H groups in total. The van der Waals surface area contributed by atoms with Crippen LogP contribution < -0.4 is 39.2 Å². The minimum Gasteiger partial charge on any atom is -0.497 e. The number of amides is 1. The number of aromatic nitrogens is 1. The molecule has 3 aromatic carbocycles. The van der Waals surface area contributed by atoms with Crippen molar-refractivity contribution >= 4 is 29.0 Å². The number of fused-ring (bicyclic) bond motifs is 1. The van der Waals surface area contributed by atoms with Crippen LogP contribution in [0, 0.1) is 5.92 Å². The molecular weight excluding hydrogens is 578 g/mol. The number of carbonyl (C=O) groups excluding carboxylic acids is 1. The topological polar surface area (TPSA) is 100 Å². The number of rotatable bonds is 10. The molecule has 0 saturated carbocycles. The van der Waals surface area contributed by atoms with Gasteiger partial charge in [0, 0.05) is 17.3 Å². The van der Waals surface area contributed by atoms with E-state index >= 15 is 0 Å². The lowest BCUT2D eigenvalue weighted by Crippen LogP contribution is -2.40. The molecule has 0 radical (unpaired) electrons. The predicted molar refractivity (Wildman–Crippen MR) is 172 cm³/mol. The third-order valence-electron chi connectivity index (χ3n) is 7.09. The summed E-state index contributed by atoms with van der Waals surface area (Å²) in [7, 11) is 4.70. The van der Waals surface area contributed by atoms with Gasteiger partial charge >= 0.3 is 0 Å². The van der Waals surface area contributed by atoms with Crippen molar-refractivity contribution in [3.05, 3.63) is 109 Å². The van der Waals surface area contributed by atoms with Crippen molar-refractivity contribution in [1.29, 1.82) is 0 Å². The summed E-state index contributed by atoms with van der Waals surface area (Å²) in [5.41, 5.74) is 2.58. The molecule has 0 bridgehead atoms. The second-order valence-corrected chi connectivity index (χ2v) is 11.6. The van der Waals surface area contributed by atoms with Gasteiger partial charge in [-0.15, -0.1) is 0 Å². The first kappa shape index (κ1) is 30.6. The van der Waals surface area contributed by atoms with E-state index in [1.165, 1.54) is 11.3 Å². The number of thiazole rings is 1. The number of nitrogens with one attached hydrogen (secondary N) is 1. The molecule has 9 nitrogen and oxygen atoms in total. The quantitative estimate of drug-likeness (QED) is 0.272. The maximum Gasteiger partial charge on any atom is 0.271 e. The van der Waals surface area contributed by atoms with Gasteiger partial charge in [0.25, 0.3) is 11.5 Å². The summed E-state index contributed by atoms with van der Waals surface area (Å²) in [6.07, 6.45) is 1.80. The molecule has 44 heavy (non-hydrogen) atoms. The van der Waals surface area contributed by atoms with Crippen molar-refractivity contribution < 1.29 is 23.7 Å². The number of para-hydroxylation sites is 1. The van der Waals surface area contributed by atoms with Gasteiger partial charge < -0.3 is 24.3 Å². The first-order valence-corrected chi connectivity index (χ1v) is 15.0. The summed E-state index contributed by atoms with van der Waals surface area (Å²) >= 11 is 1.25. The molecule has 0 unspecified atom stereocenters. The van der Waals surface area contributed by atoms with Crippen molar-refractivity contribution in [2.45, 2.75) is 26.8 Å². The van der Waals surface area contributed by atoms with Crippen LogP contribution in [0.2, 0.25) is 0 Å². The summed E-state index contributed by atoms with van der Waals surface area (Å²) < 4.78 is 24.6. The van der Waals surface area contributed by atoms with E-state index in [1.54, 1.807) is 63.2 Å². The molecule has 0 fully saturated rings.